The van der Waals surface area contributed by atoms with Crippen molar-refractivity contribution in [1.82, 2.24) is 16.0 Å². The van der Waals surface area contributed by atoms with E-state index in [1.807, 2.05) is 0 Å². The van der Waals surface area contributed by atoms with Crippen LogP contribution in [0.15, 0.2) is 11.6 Å². The Morgan fingerprint density at radius 2 is 1.09 bits per heavy atom. The van der Waals surface area contributed by atoms with Crippen LogP contribution in [0.1, 0.15) is 133 Å². The normalized spacial score (nSPS) is 48.1. The predicted octanol–water partition coefficient (Wildman–Crippen LogP) is 1.14. The molecular weight excluding hydrogens is 979 g/mol. The molecule has 3 aliphatic heterocycles. The molecule has 75 heavy (non-hydrogen) atoms. The summed E-state index contributed by atoms with van der Waals surface area (Å²) in [5.41, 5.74) is -0.0979. The Labute approximate surface area is 440 Å². The van der Waals surface area contributed by atoms with Crippen molar-refractivity contribution in [1.29, 1.82) is 0 Å². The Bertz CT molecular complexity index is 2160. The second-order valence-corrected chi connectivity index (χ2v) is 25.8. The number of fused-ring (bicyclic) bond motifs is 7. The summed E-state index contributed by atoms with van der Waals surface area (Å²) in [6.07, 6.45) is -8.03. The first-order valence-corrected chi connectivity index (χ1v) is 27.3. The first kappa shape index (κ1) is 58.3. The van der Waals surface area contributed by atoms with Gasteiger partial charge in [-0.15, -0.1) is 0 Å². The molecule has 7 fully saturated rings. The summed E-state index contributed by atoms with van der Waals surface area (Å²) in [5, 5.41) is 95.4. The number of hydrogen-bond acceptors (Lipinski definition) is 17. The number of carboxylic acids is 1. The zero-order valence-corrected chi connectivity index (χ0v) is 45.4. The standard InChI is InChI=1S/C54H87N3O18/c1-25(59)55-36-42(65)39(62)30(22-58)72-45(36)70-23-31-40(63)43(66)37(56-26(2)60)46(73-31)71-24-32-41(64)44(67)38(57-27(3)61)47(74-32)75-35-14-15-51(8)33(50(35,6)7)13-16-53(10)34(51)12-11-28-29-21-49(4,5)17-19-54(29,48(68)69)20-18-52(28,53)9/h11,29-47,58,62-67H,12-24H2,1-10H3,(H,55,59)(H,56,60)(H,57,61)(H,68,69)/t29-,30+,31+,32+,33-,34+,35-,36+,37+,38+,39+,40+,41+,42+,43+,44+,45+,46+,47-,51-,52+,53+,54-/m0/s1. The molecule has 21 heteroatoms. The molecule has 5 aliphatic carbocycles. The molecule has 3 heterocycles. The molecule has 0 radical (unpaired) electrons. The number of nitrogens with one attached hydrogen (secondary N) is 3. The Morgan fingerprint density at radius 1 is 0.613 bits per heavy atom. The lowest BCUT2D eigenvalue weighted by atomic mass is 9.33. The van der Waals surface area contributed by atoms with Gasteiger partial charge in [-0.05, 0) is 109 Å². The first-order valence-electron chi connectivity index (χ1n) is 27.3. The van der Waals surface area contributed by atoms with Crippen molar-refractivity contribution in [3.8, 4) is 0 Å². The van der Waals surface area contributed by atoms with Gasteiger partial charge >= 0.3 is 5.97 Å². The lowest BCUT2D eigenvalue weighted by Crippen LogP contribution is -2.68. The quantitative estimate of drug-likeness (QED) is 0.0910. The topological polar surface area (TPSA) is 322 Å². The summed E-state index contributed by atoms with van der Waals surface area (Å²) < 4.78 is 37.1. The second-order valence-electron chi connectivity index (χ2n) is 25.8. The van der Waals surface area contributed by atoms with E-state index in [1.165, 1.54) is 26.3 Å². The van der Waals surface area contributed by atoms with Gasteiger partial charge in [-0.25, -0.2) is 0 Å². The van der Waals surface area contributed by atoms with Crippen molar-refractivity contribution >= 4 is 23.7 Å². The van der Waals surface area contributed by atoms with Gasteiger partial charge in [-0.3, -0.25) is 19.2 Å². The van der Waals surface area contributed by atoms with E-state index in [2.05, 4.69) is 70.5 Å². The molecule has 3 amide bonds. The van der Waals surface area contributed by atoms with Crippen LogP contribution in [-0.4, -0.2) is 182 Å². The molecule has 11 N–H and O–H groups in total. The minimum absolute atomic E-state index is 0.00470. The largest absolute Gasteiger partial charge is 0.481 e. The van der Waals surface area contributed by atoms with Crippen LogP contribution in [0.3, 0.4) is 0 Å². The molecule has 21 nitrogen and oxygen atoms in total. The molecular formula is C54H87N3O18. The highest BCUT2D eigenvalue weighted by Crippen LogP contribution is 2.76. The van der Waals surface area contributed by atoms with Crippen LogP contribution >= 0.6 is 0 Å². The third-order valence-corrected chi connectivity index (χ3v) is 20.5. The SMILES string of the molecule is CC(=O)N[C@H]1[C@H](OC[C@H]2O[C@@H](OC[C@H]3O[C@@H](O[C@H]4CC[C@]5(C)[C@H]6CC=C7[C@@H]8CC(C)(C)CC[C@]8(C(=O)O)CC[C@@]7(C)[C@]6(C)CC[C@H]5C4(C)C)[C@H](NC(C)=O)[C@@H](O)[C@@H]3O)[C@H](NC(C)=O)[C@@H](O)[C@@H]2O)O[C@H](CO)[C@@H](O)[C@@H]1O. The van der Waals surface area contributed by atoms with Crippen molar-refractivity contribution in [3.63, 3.8) is 0 Å². The fourth-order valence-electron chi connectivity index (χ4n) is 16.2. The molecule has 23 atom stereocenters. The van der Waals surface area contributed by atoms with Crippen molar-refractivity contribution in [2.24, 2.45) is 50.2 Å². The van der Waals surface area contributed by atoms with Crippen LogP contribution in [-0.2, 0) is 47.6 Å². The van der Waals surface area contributed by atoms with Crippen LogP contribution in [0.5, 0.6) is 0 Å². The molecule has 0 bridgehead atoms. The van der Waals surface area contributed by atoms with Gasteiger partial charge in [0.1, 0.15) is 73.1 Å². The van der Waals surface area contributed by atoms with E-state index in [0.717, 1.165) is 44.9 Å². The number of aliphatic hydroxyl groups is 7. The highest BCUT2D eigenvalue weighted by atomic mass is 16.7. The smallest absolute Gasteiger partial charge is 0.310 e. The van der Waals surface area contributed by atoms with Gasteiger partial charge in [0.05, 0.1) is 31.3 Å². The number of carbonyl (C=O) groups is 4. The number of carboxylic acid groups (broad SMARTS) is 1. The maximum atomic E-state index is 13.2. The number of allylic oxidation sites excluding steroid dienone is 2. The van der Waals surface area contributed by atoms with Gasteiger partial charge in [-0.1, -0.05) is 60.1 Å². The zero-order valence-electron chi connectivity index (χ0n) is 45.4. The molecule has 426 valence electrons. The third kappa shape index (κ3) is 10.2. The summed E-state index contributed by atoms with van der Waals surface area (Å²) in [6, 6.07) is -3.91. The highest BCUT2D eigenvalue weighted by Gasteiger charge is 2.70. The molecule has 8 aliphatic rings. The summed E-state index contributed by atoms with van der Waals surface area (Å²) in [4.78, 5) is 50.3. The summed E-state index contributed by atoms with van der Waals surface area (Å²) in [7, 11) is 0. The molecule has 0 aromatic carbocycles. The average molecular weight is 1070 g/mol. The maximum absolute atomic E-state index is 13.2. The summed E-state index contributed by atoms with van der Waals surface area (Å²) >= 11 is 0. The summed E-state index contributed by atoms with van der Waals surface area (Å²) in [5.74, 6) is -1.84. The van der Waals surface area contributed by atoms with Crippen molar-refractivity contribution < 1.29 is 88.5 Å². The molecule has 0 spiro atoms. The Hall–Kier alpha value is -2.90. The van der Waals surface area contributed by atoms with Gasteiger partial charge in [0.15, 0.2) is 18.9 Å². The summed E-state index contributed by atoms with van der Waals surface area (Å²) in [6.45, 7) is 18.2. The molecule has 0 aromatic heterocycles. The van der Waals surface area contributed by atoms with Crippen molar-refractivity contribution in [2.75, 3.05) is 19.8 Å². The lowest BCUT2D eigenvalue weighted by molar-refractivity contribution is -0.326. The Morgan fingerprint density at radius 3 is 1.60 bits per heavy atom. The number of rotatable bonds is 13. The van der Waals surface area contributed by atoms with E-state index in [-0.39, 0.29) is 33.5 Å². The van der Waals surface area contributed by atoms with Gasteiger partial charge in [-0.2, -0.15) is 0 Å². The van der Waals surface area contributed by atoms with Crippen LogP contribution < -0.4 is 16.0 Å². The second kappa shape index (κ2) is 21.3. The van der Waals surface area contributed by atoms with Gasteiger partial charge in [0, 0.05) is 20.8 Å². The monoisotopic (exact) mass is 1070 g/mol. The van der Waals surface area contributed by atoms with Crippen molar-refractivity contribution in [2.45, 2.75) is 231 Å². The zero-order chi connectivity index (χ0) is 55.1. The van der Waals surface area contributed by atoms with Crippen LogP contribution in [0.2, 0.25) is 0 Å². The first-order chi connectivity index (χ1) is 35.0. The number of ether oxygens (including phenoxy) is 6. The fourth-order valence-corrected chi connectivity index (χ4v) is 16.2. The molecule has 3 saturated heterocycles. The number of carbonyl (C=O) groups excluding carboxylic acids is 3. The van der Waals surface area contributed by atoms with Gasteiger partial charge < -0.3 is 85.2 Å². The van der Waals surface area contributed by atoms with E-state index in [4.69, 9.17) is 28.4 Å². The van der Waals surface area contributed by atoms with Crippen molar-refractivity contribution in [3.05, 3.63) is 11.6 Å². The highest BCUT2D eigenvalue weighted by molar-refractivity contribution is 5.77. The Kier molecular flexibility index (Phi) is 16.5. The Balaban J connectivity index is 0.987. The predicted molar refractivity (Wildman–Crippen MR) is 265 cm³/mol. The van der Waals surface area contributed by atoms with E-state index < -0.39 is 152 Å². The minimum atomic E-state index is -1.73. The minimum Gasteiger partial charge on any atom is -0.481 e. The van der Waals surface area contributed by atoms with Gasteiger partial charge in [0.25, 0.3) is 0 Å². The fraction of sp³-hybridized carbons (Fsp3) is 0.889. The van der Waals surface area contributed by atoms with E-state index in [0.29, 0.717) is 25.2 Å². The van der Waals surface area contributed by atoms with Crippen LogP contribution in [0.25, 0.3) is 0 Å². The van der Waals surface area contributed by atoms with E-state index >= 15 is 0 Å². The number of aliphatic carboxylic acids is 1. The number of aliphatic hydroxyl groups excluding tert-OH is 7. The van der Waals surface area contributed by atoms with E-state index in [1.54, 1.807) is 0 Å². The number of amides is 3. The molecule has 4 saturated carbocycles. The number of hydrogen-bond donors (Lipinski definition) is 11. The van der Waals surface area contributed by atoms with Crippen LogP contribution in [0.4, 0.5) is 0 Å². The lowest BCUT2D eigenvalue weighted by Gasteiger charge is -2.71. The molecule has 0 aromatic rings. The van der Waals surface area contributed by atoms with E-state index in [9.17, 15) is 60.0 Å². The average Bonchev–Trinajstić information content (AvgIpc) is 3.32. The van der Waals surface area contributed by atoms with Crippen LogP contribution in [0, 0.1) is 50.2 Å². The van der Waals surface area contributed by atoms with Gasteiger partial charge in [0.2, 0.25) is 17.7 Å². The molecule has 8 rings (SSSR count). The molecule has 0 unspecified atom stereocenters. The maximum Gasteiger partial charge on any atom is 0.310 e. The third-order valence-electron chi connectivity index (χ3n) is 20.5.